The first kappa shape index (κ1) is 35.1. The van der Waals surface area contributed by atoms with Crippen molar-refractivity contribution in [2.45, 2.75) is 25.3 Å². The molecule has 0 radical (unpaired) electrons. The molecule has 218 valence electrons. The molecule has 3 N–H and O–H groups in total. The first-order valence-corrected chi connectivity index (χ1v) is 13.9. The average molecular weight is 607 g/mol. The van der Waals surface area contributed by atoms with Gasteiger partial charge in [-0.3, -0.25) is 24.2 Å². The molecule has 3 rings (SSSR count). The van der Waals surface area contributed by atoms with Crippen LogP contribution in [-0.2, 0) is 31.0 Å². The van der Waals surface area contributed by atoms with Crippen molar-refractivity contribution in [2.24, 2.45) is 0 Å². The van der Waals surface area contributed by atoms with Crippen molar-refractivity contribution in [1.82, 2.24) is 9.80 Å². The van der Waals surface area contributed by atoms with Crippen LogP contribution >= 0.6 is 0 Å². The Morgan fingerprint density at radius 2 is 1.50 bits per heavy atom. The number of phenolic OH excluding ortho intramolecular Hbond substituents is 1. The van der Waals surface area contributed by atoms with E-state index in [2.05, 4.69) is 0 Å². The van der Waals surface area contributed by atoms with Crippen molar-refractivity contribution < 1.29 is 72.2 Å². The van der Waals surface area contributed by atoms with Gasteiger partial charge in [0.1, 0.15) is 15.9 Å². The summed E-state index contributed by atoms with van der Waals surface area (Å²) in [5, 5.41) is 29.1. The van der Waals surface area contributed by atoms with Crippen molar-refractivity contribution in [1.29, 1.82) is 0 Å². The maximum Gasteiger partial charge on any atom is 1.00 e. The Morgan fingerprint density at radius 1 is 0.929 bits per heavy atom. The number of rotatable bonds is 11. The fourth-order valence-corrected chi connectivity index (χ4v) is 5.43. The summed E-state index contributed by atoms with van der Waals surface area (Å²) in [6.45, 7) is 2.63. The Kier molecular flexibility index (Phi) is 12.0. The zero-order valence-corrected chi connectivity index (χ0v) is 26.9. The van der Waals surface area contributed by atoms with Gasteiger partial charge in [-0.2, -0.15) is 0 Å². The summed E-state index contributed by atoms with van der Waals surface area (Å²) in [4.78, 5) is 37.8. The number of nitrogens with zero attached hydrogens (tertiary/aromatic N) is 2. The molecule has 0 amide bonds. The Labute approximate surface area is 266 Å². The summed E-state index contributed by atoms with van der Waals surface area (Å²) >= 11 is 0. The number of ketones is 1. The summed E-state index contributed by atoms with van der Waals surface area (Å²) in [5.74, 6) is -2.52. The first-order valence-electron chi connectivity index (χ1n) is 12.4. The van der Waals surface area contributed by atoms with E-state index >= 15 is 0 Å². The molecule has 0 heterocycles. The zero-order chi connectivity index (χ0) is 30.6. The van der Waals surface area contributed by atoms with E-state index in [0.29, 0.717) is 27.8 Å². The van der Waals surface area contributed by atoms with Crippen LogP contribution in [0, 0.1) is 6.92 Å². The Morgan fingerprint density at radius 3 is 2.07 bits per heavy atom. The number of phenols is 1. The Balaban J connectivity index is 0.00000616. The summed E-state index contributed by atoms with van der Waals surface area (Å²) < 4.78 is 36.9. The maximum atomic E-state index is 13.0. The van der Waals surface area contributed by atoms with E-state index in [1.807, 2.05) is 0 Å². The Bertz CT molecular complexity index is 1610. The van der Waals surface area contributed by atoms with E-state index in [0.717, 1.165) is 0 Å². The number of aromatic hydroxyl groups is 1. The number of carboxylic acid groups (broad SMARTS) is 2. The largest absolute Gasteiger partial charge is 1.00 e. The van der Waals surface area contributed by atoms with Gasteiger partial charge >= 0.3 is 41.5 Å². The summed E-state index contributed by atoms with van der Waals surface area (Å²) in [6, 6.07) is 8.82. The van der Waals surface area contributed by atoms with Crippen LogP contribution in [0.3, 0.4) is 0 Å². The van der Waals surface area contributed by atoms with Gasteiger partial charge < -0.3 is 19.9 Å². The number of hydrogen-bond acceptors (Lipinski definition) is 9. The number of carbonyl (C=O) groups excluding carboxylic acids is 1. The third-order valence-electron chi connectivity index (χ3n) is 6.42. The predicted octanol–water partition coefficient (Wildman–Crippen LogP) is -0.601. The minimum atomic E-state index is -4.95. The number of carboxylic acids is 2. The quantitative estimate of drug-likeness (QED) is 0.220. The fraction of sp³-hybridized carbons (Fsp3) is 0.276. The molecule has 0 unspecified atom stereocenters. The normalized spacial score (nSPS) is 14.8. The van der Waals surface area contributed by atoms with Crippen LogP contribution in [-0.4, -0.2) is 89.5 Å². The van der Waals surface area contributed by atoms with E-state index in [-0.39, 0.29) is 84.0 Å². The van der Waals surface area contributed by atoms with Crippen LogP contribution in [0.4, 0.5) is 0 Å². The van der Waals surface area contributed by atoms with Crippen LogP contribution in [0.25, 0.3) is 5.57 Å². The third-order valence-corrected chi connectivity index (χ3v) is 7.32. The van der Waals surface area contributed by atoms with Gasteiger partial charge in [0.2, 0.25) is 0 Å². The maximum absolute atomic E-state index is 13.0. The molecule has 0 aromatic heterocycles. The number of allylic oxidation sites excluding steroid dienone is 4. The van der Waals surface area contributed by atoms with Crippen molar-refractivity contribution >= 4 is 33.4 Å². The van der Waals surface area contributed by atoms with Gasteiger partial charge in [0.05, 0.1) is 18.0 Å². The topological polar surface area (TPSA) is 176 Å². The summed E-state index contributed by atoms with van der Waals surface area (Å²) in [7, 11) is -1.84. The first-order chi connectivity index (χ1) is 19.1. The molecule has 0 spiro atoms. The van der Waals surface area contributed by atoms with Crippen LogP contribution in [0.5, 0.6) is 5.75 Å². The molecular formula is C29H31N2NaO9S. The van der Waals surface area contributed by atoms with Gasteiger partial charge in [0.25, 0.3) is 0 Å². The van der Waals surface area contributed by atoms with Crippen LogP contribution < -0.4 is 29.6 Å². The van der Waals surface area contributed by atoms with Crippen LogP contribution in [0.1, 0.15) is 29.2 Å². The van der Waals surface area contributed by atoms with Crippen molar-refractivity contribution in [2.75, 3.05) is 33.7 Å². The predicted molar refractivity (Wildman–Crippen MR) is 149 cm³/mol. The van der Waals surface area contributed by atoms with Crippen molar-refractivity contribution in [3.8, 4) is 5.75 Å². The molecule has 13 heteroatoms. The van der Waals surface area contributed by atoms with Gasteiger partial charge in [-0.15, -0.1) is 0 Å². The van der Waals surface area contributed by atoms with Gasteiger partial charge in [-0.1, -0.05) is 18.2 Å². The van der Waals surface area contributed by atoms with Gasteiger partial charge in [-0.05, 0) is 86.1 Å². The van der Waals surface area contributed by atoms with E-state index in [4.69, 9.17) is 10.2 Å². The molecule has 0 saturated carbocycles. The monoisotopic (exact) mass is 606 g/mol. The number of aliphatic carboxylic acids is 2. The molecule has 42 heavy (non-hydrogen) atoms. The Hall–Kier alpha value is -3.10. The van der Waals surface area contributed by atoms with Gasteiger partial charge in [0.15, 0.2) is 5.78 Å². The van der Waals surface area contributed by atoms with E-state index < -0.39 is 27.0 Å². The van der Waals surface area contributed by atoms with Crippen molar-refractivity contribution in [3.05, 3.63) is 87.5 Å². The molecular weight excluding hydrogens is 575 g/mol. The average Bonchev–Trinajstić information content (AvgIpc) is 2.84. The van der Waals surface area contributed by atoms with Crippen molar-refractivity contribution in [3.63, 3.8) is 0 Å². The molecule has 1 aliphatic carbocycles. The molecule has 1 aliphatic rings. The summed E-state index contributed by atoms with van der Waals surface area (Å²) in [5.41, 5.74) is 2.53. The fourth-order valence-electron chi connectivity index (χ4n) is 4.75. The molecule has 0 aliphatic heterocycles. The van der Waals surface area contributed by atoms with E-state index in [1.54, 1.807) is 52.2 Å². The minimum absolute atomic E-state index is 0. The van der Waals surface area contributed by atoms with E-state index in [1.165, 1.54) is 34.1 Å². The molecule has 2 aromatic rings. The molecule has 0 fully saturated rings. The standard InChI is InChI=1S/C29H32N2O9S.Na/c1-17-9-19(11-21(28(17)36)13-30(3)15-25(32)33)27(23-7-5-6-8-24(23)41(38,39)40)20-10-18(2)29(37)22(12-20)14-31(4)16-26(34)35;/h5-12,36H,13-16H2,1-4H3,(H,32,33)(H,34,35)(H,38,39,40);/q;+1/p-1/b27-20+;. The number of carbonyl (C=O) groups is 3. The number of aryl methyl sites for hydroxylation is 1. The SMILES string of the molecule is CC1=C/C(=C(/c2cc(C)c(O)c(CN(C)CC(=O)O)c2)c2ccccc2S(=O)(=O)[O-])C=C(CN(C)CC(=O)O)C1=O.[Na+]. The minimum Gasteiger partial charge on any atom is -0.744 e. The number of likely N-dealkylation sites (N-methyl/N-ethyl adjacent to an activating group) is 2. The molecule has 0 atom stereocenters. The number of Topliss-reactive ketones (excluding diaryl/α,β-unsaturated/α-hetero) is 1. The molecule has 0 bridgehead atoms. The number of hydrogen-bond donors (Lipinski definition) is 3. The van der Waals surface area contributed by atoms with Crippen LogP contribution in [0.2, 0.25) is 0 Å². The number of benzene rings is 2. The smallest absolute Gasteiger partial charge is 0.744 e. The molecule has 0 saturated heterocycles. The second kappa shape index (κ2) is 14.4. The van der Waals surface area contributed by atoms with Crippen LogP contribution in [0.15, 0.2) is 70.2 Å². The summed E-state index contributed by atoms with van der Waals surface area (Å²) in [6.07, 6.45) is 3.10. The second-order valence-electron chi connectivity index (χ2n) is 10.0. The van der Waals surface area contributed by atoms with E-state index in [9.17, 15) is 32.5 Å². The van der Waals surface area contributed by atoms with Gasteiger partial charge in [-0.25, -0.2) is 8.42 Å². The zero-order valence-electron chi connectivity index (χ0n) is 24.0. The molecule has 11 nitrogen and oxygen atoms in total. The van der Waals surface area contributed by atoms with Gasteiger partial charge in [0, 0.05) is 29.8 Å². The second-order valence-corrected chi connectivity index (χ2v) is 11.4. The third kappa shape index (κ3) is 8.71. The molecule has 2 aromatic carbocycles.